The van der Waals surface area contributed by atoms with Crippen molar-refractivity contribution in [2.24, 2.45) is 0 Å². The van der Waals surface area contributed by atoms with E-state index in [1.165, 1.54) is 0 Å². The number of amides is 2. The molecule has 5 nitrogen and oxygen atoms in total. The molecule has 0 aromatic heterocycles. The highest BCUT2D eigenvalue weighted by molar-refractivity contribution is 5.95. The lowest BCUT2D eigenvalue weighted by atomic mass is 10.1. The molecule has 0 fully saturated rings. The molecule has 2 aromatic carbocycles. The molecule has 25 heavy (non-hydrogen) atoms. The minimum Gasteiger partial charge on any atom is -0.399 e. The molecule has 0 spiro atoms. The van der Waals surface area contributed by atoms with Crippen molar-refractivity contribution in [1.82, 2.24) is 10.6 Å². The summed E-state index contributed by atoms with van der Waals surface area (Å²) < 4.78 is 0. The van der Waals surface area contributed by atoms with Gasteiger partial charge < -0.3 is 16.4 Å². The second-order valence-electron chi connectivity index (χ2n) is 5.61. The average molecular weight is 362 g/mol. The van der Waals surface area contributed by atoms with Crippen LogP contribution in [0.4, 0.5) is 5.69 Å². The fourth-order valence-electron chi connectivity index (χ4n) is 2.17. The minimum atomic E-state index is -0.156. The molecule has 0 aliphatic rings. The number of nitrogens with one attached hydrogen (secondary N) is 2. The first-order chi connectivity index (χ1) is 11.6. The maximum Gasteiger partial charge on any atom is 0.251 e. The zero-order chi connectivity index (χ0) is 17.4. The fraction of sp³-hybridized carbons (Fsp3) is 0.263. The summed E-state index contributed by atoms with van der Waals surface area (Å²) in [5.41, 5.74) is 8.35. The van der Waals surface area contributed by atoms with Crippen LogP contribution in [0.5, 0.6) is 0 Å². The SMILES string of the molecule is CCCCNC(=O)c1ccc(CNC(=O)c2ccc(N)cc2)cc1.Cl. The minimum absolute atomic E-state index is 0. The van der Waals surface area contributed by atoms with E-state index in [0.29, 0.717) is 29.9 Å². The molecule has 0 aliphatic carbocycles. The first-order valence-electron chi connectivity index (χ1n) is 8.11. The monoisotopic (exact) mass is 361 g/mol. The summed E-state index contributed by atoms with van der Waals surface area (Å²) in [4.78, 5) is 24.0. The van der Waals surface area contributed by atoms with Crippen molar-refractivity contribution < 1.29 is 9.59 Å². The number of carbonyl (C=O) groups is 2. The third-order valence-electron chi connectivity index (χ3n) is 3.66. The number of nitrogens with two attached hydrogens (primary N) is 1. The van der Waals surface area contributed by atoms with E-state index in [4.69, 9.17) is 5.73 Å². The van der Waals surface area contributed by atoms with Crippen LogP contribution in [-0.2, 0) is 6.54 Å². The molecular weight excluding hydrogens is 338 g/mol. The average Bonchev–Trinajstić information content (AvgIpc) is 2.61. The lowest BCUT2D eigenvalue weighted by Gasteiger charge is -2.07. The number of hydrogen-bond acceptors (Lipinski definition) is 3. The topological polar surface area (TPSA) is 84.2 Å². The van der Waals surface area contributed by atoms with Gasteiger partial charge >= 0.3 is 0 Å². The van der Waals surface area contributed by atoms with Gasteiger partial charge in [-0.05, 0) is 48.4 Å². The highest BCUT2D eigenvalue weighted by atomic mass is 35.5. The Labute approximate surface area is 154 Å². The number of nitrogen functional groups attached to an aromatic ring is 1. The van der Waals surface area contributed by atoms with Gasteiger partial charge in [-0.1, -0.05) is 25.5 Å². The van der Waals surface area contributed by atoms with E-state index in [1.54, 1.807) is 36.4 Å². The van der Waals surface area contributed by atoms with Crippen LogP contribution in [0.1, 0.15) is 46.0 Å². The number of unbranched alkanes of at least 4 members (excludes halogenated alkanes) is 1. The molecule has 0 saturated carbocycles. The van der Waals surface area contributed by atoms with Crippen LogP contribution in [0, 0.1) is 0 Å². The molecule has 0 radical (unpaired) electrons. The van der Waals surface area contributed by atoms with E-state index in [2.05, 4.69) is 17.6 Å². The first kappa shape index (κ1) is 20.5. The van der Waals surface area contributed by atoms with Crippen LogP contribution in [0.25, 0.3) is 0 Å². The highest BCUT2D eigenvalue weighted by Crippen LogP contribution is 2.07. The lowest BCUT2D eigenvalue weighted by molar-refractivity contribution is 0.0942. The van der Waals surface area contributed by atoms with Crippen molar-refractivity contribution >= 4 is 29.9 Å². The Morgan fingerprint density at radius 1 is 0.880 bits per heavy atom. The third kappa shape index (κ3) is 6.47. The van der Waals surface area contributed by atoms with Crippen molar-refractivity contribution in [2.45, 2.75) is 26.3 Å². The summed E-state index contributed by atoms with van der Waals surface area (Å²) in [7, 11) is 0. The molecule has 0 unspecified atom stereocenters. The Bertz CT molecular complexity index is 685. The van der Waals surface area contributed by atoms with Crippen LogP contribution < -0.4 is 16.4 Å². The van der Waals surface area contributed by atoms with Crippen molar-refractivity contribution in [1.29, 1.82) is 0 Å². The fourth-order valence-corrected chi connectivity index (χ4v) is 2.17. The zero-order valence-corrected chi connectivity index (χ0v) is 15.1. The van der Waals surface area contributed by atoms with Gasteiger partial charge in [-0.25, -0.2) is 0 Å². The summed E-state index contributed by atoms with van der Waals surface area (Å²) in [6.45, 7) is 3.18. The second kappa shape index (κ2) is 10.4. The third-order valence-corrected chi connectivity index (χ3v) is 3.66. The second-order valence-corrected chi connectivity index (χ2v) is 5.61. The van der Waals surface area contributed by atoms with Gasteiger partial charge in [-0.15, -0.1) is 12.4 Å². The van der Waals surface area contributed by atoms with Crippen molar-refractivity contribution in [2.75, 3.05) is 12.3 Å². The smallest absolute Gasteiger partial charge is 0.251 e. The van der Waals surface area contributed by atoms with Gasteiger partial charge in [0.05, 0.1) is 0 Å². The molecule has 6 heteroatoms. The quantitative estimate of drug-likeness (QED) is 0.523. The number of anilines is 1. The molecule has 2 amide bonds. The summed E-state index contributed by atoms with van der Waals surface area (Å²) in [5.74, 6) is -0.225. The summed E-state index contributed by atoms with van der Waals surface area (Å²) in [6, 6.07) is 14.0. The van der Waals surface area contributed by atoms with Gasteiger partial charge in [-0.3, -0.25) is 9.59 Å². The van der Waals surface area contributed by atoms with Gasteiger partial charge in [-0.2, -0.15) is 0 Å². The van der Waals surface area contributed by atoms with Gasteiger partial charge in [0.2, 0.25) is 0 Å². The van der Waals surface area contributed by atoms with E-state index >= 15 is 0 Å². The van der Waals surface area contributed by atoms with Crippen LogP contribution in [0.3, 0.4) is 0 Å². The van der Waals surface area contributed by atoms with Crippen LogP contribution in [0.2, 0.25) is 0 Å². The molecule has 2 rings (SSSR count). The number of carbonyl (C=O) groups excluding carboxylic acids is 2. The Morgan fingerprint density at radius 2 is 1.40 bits per heavy atom. The lowest BCUT2D eigenvalue weighted by Crippen LogP contribution is -2.24. The van der Waals surface area contributed by atoms with Gasteiger partial charge in [0.15, 0.2) is 0 Å². The molecule has 0 aliphatic heterocycles. The Morgan fingerprint density at radius 3 is 1.96 bits per heavy atom. The summed E-state index contributed by atoms with van der Waals surface area (Å²) in [6.07, 6.45) is 2.02. The molecule has 0 bridgehead atoms. The maximum absolute atomic E-state index is 12.0. The molecule has 2 aromatic rings. The van der Waals surface area contributed by atoms with Gasteiger partial charge in [0.25, 0.3) is 11.8 Å². The number of benzene rings is 2. The standard InChI is InChI=1S/C19H23N3O2.ClH/c1-2-3-12-21-18(23)15-6-4-14(5-7-15)13-22-19(24)16-8-10-17(20)11-9-16;/h4-11H,2-3,12-13,20H2,1H3,(H,21,23)(H,22,24);1H. The van der Waals surface area contributed by atoms with Crippen LogP contribution in [-0.4, -0.2) is 18.4 Å². The number of hydrogen-bond donors (Lipinski definition) is 3. The van der Waals surface area contributed by atoms with Crippen LogP contribution >= 0.6 is 12.4 Å². The first-order valence-corrected chi connectivity index (χ1v) is 8.11. The number of halogens is 1. The van der Waals surface area contributed by atoms with E-state index in [1.807, 2.05) is 12.1 Å². The van der Waals surface area contributed by atoms with E-state index in [9.17, 15) is 9.59 Å². The predicted octanol–water partition coefficient (Wildman–Crippen LogP) is 3.15. The Balaban J connectivity index is 0.00000312. The van der Waals surface area contributed by atoms with Gasteiger partial charge in [0, 0.05) is 29.9 Å². The predicted molar refractivity (Wildman–Crippen MR) is 103 cm³/mol. The van der Waals surface area contributed by atoms with Gasteiger partial charge in [0.1, 0.15) is 0 Å². The van der Waals surface area contributed by atoms with Crippen LogP contribution in [0.15, 0.2) is 48.5 Å². The van der Waals surface area contributed by atoms with Crippen molar-refractivity contribution in [3.63, 3.8) is 0 Å². The van der Waals surface area contributed by atoms with E-state index in [0.717, 1.165) is 18.4 Å². The summed E-state index contributed by atoms with van der Waals surface area (Å²) in [5, 5.41) is 5.72. The largest absolute Gasteiger partial charge is 0.399 e. The molecule has 134 valence electrons. The molecule has 4 N–H and O–H groups in total. The zero-order valence-electron chi connectivity index (χ0n) is 14.2. The molecular formula is C19H24ClN3O2. The molecule has 0 atom stereocenters. The summed E-state index contributed by atoms with van der Waals surface area (Å²) >= 11 is 0. The Kier molecular flexibility index (Phi) is 8.50. The molecule has 0 saturated heterocycles. The van der Waals surface area contributed by atoms with E-state index in [-0.39, 0.29) is 24.2 Å². The highest BCUT2D eigenvalue weighted by Gasteiger charge is 2.07. The van der Waals surface area contributed by atoms with Crippen molar-refractivity contribution in [3.05, 3.63) is 65.2 Å². The normalized spacial score (nSPS) is 9.80. The van der Waals surface area contributed by atoms with Crippen molar-refractivity contribution in [3.8, 4) is 0 Å². The maximum atomic E-state index is 12.0. The Hall–Kier alpha value is -2.53. The van der Waals surface area contributed by atoms with E-state index < -0.39 is 0 Å². The molecule has 0 heterocycles. The number of rotatable bonds is 7.